The fraction of sp³-hybridized carbons (Fsp3) is 0.409. The molecule has 2 aromatic rings. The number of rotatable bonds is 6. The number of methoxy groups -OCH3 is 2. The molecule has 0 atom stereocenters. The number of carbonyl (C=O) groups is 1. The molecule has 0 radical (unpaired) electrons. The zero-order valence-electron chi connectivity index (χ0n) is 16.7. The summed E-state index contributed by atoms with van der Waals surface area (Å²) in [4.78, 5) is 16.9. The first kappa shape index (κ1) is 20.0. The maximum Gasteiger partial charge on any atom is 0.317 e. The van der Waals surface area contributed by atoms with E-state index in [9.17, 15) is 4.79 Å². The largest absolute Gasteiger partial charge is 0.497 e. The van der Waals surface area contributed by atoms with E-state index < -0.39 is 0 Å². The summed E-state index contributed by atoms with van der Waals surface area (Å²) in [5, 5.41) is 3.02. The van der Waals surface area contributed by atoms with Gasteiger partial charge in [-0.2, -0.15) is 0 Å². The van der Waals surface area contributed by atoms with Crippen LogP contribution in [0.25, 0.3) is 0 Å². The van der Waals surface area contributed by atoms with E-state index in [0.717, 1.165) is 56.2 Å². The first-order chi connectivity index (χ1) is 13.7. The Bertz CT molecular complexity index is 747. The molecule has 0 unspecified atom stereocenters. The molecule has 1 saturated heterocycles. The van der Waals surface area contributed by atoms with Crippen LogP contribution < -0.4 is 14.8 Å². The van der Waals surface area contributed by atoms with Crippen LogP contribution in [0.15, 0.2) is 48.5 Å². The zero-order chi connectivity index (χ0) is 19.8. The van der Waals surface area contributed by atoms with Crippen LogP contribution in [0.1, 0.15) is 17.5 Å². The average molecular weight is 383 g/mol. The zero-order valence-corrected chi connectivity index (χ0v) is 16.7. The smallest absolute Gasteiger partial charge is 0.317 e. The molecular weight excluding hydrogens is 354 g/mol. The lowest BCUT2D eigenvalue weighted by atomic mass is 10.2. The van der Waals surface area contributed by atoms with Gasteiger partial charge in [0, 0.05) is 39.3 Å². The molecule has 150 valence electrons. The van der Waals surface area contributed by atoms with E-state index in [1.54, 1.807) is 14.2 Å². The monoisotopic (exact) mass is 383 g/mol. The molecule has 0 aliphatic carbocycles. The molecule has 1 fully saturated rings. The van der Waals surface area contributed by atoms with Gasteiger partial charge in [-0.1, -0.05) is 24.3 Å². The van der Waals surface area contributed by atoms with Gasteiger partial charge in [0.05, 0.1) is 14.2 Å². The average Bonchev–Trinajstić information content (AvgIpc) is 2.98. The molecule has 1 aliphatic rings. The molecular formula is C22H29N3O3. The highest BCUT2D eigenvalue weighted by Crippen LogP contribution is 2.15. The van der Waals surface area contributed by atoms with Crippen molar-refractivity contribution in [2.45, 2.75) is 19.5 Å². The Morgan fingerprint density at radius 3 is 2.07 bits per heavy atom. The molecule has 6 heteroatoms. The topological polar surface area (TPSA) is 54.0 Å². The Labute approximate surface area is 167 Å². The second kappa shape index (κ2) is 9.99. The maximum atomic E-state index is 12.5. The van der Waals surface area contributed by atoms with Crippen molar-refractivity contribution in [3.8, 4) is 11.5 Å². The van der Waals surface area contributed by atoms with Gasteiger partial charge < -0.3 is 19.7 Å². The van der Waals surface area contributed by atoms with Crippen LogP contribution in [-0.4, -0.2) is 56.2 Å². The van der Waals surface area contributed by atoms with Gasteiger partial charge in [0.25, 0.3) is 0 Å². The van der Waals surface area contributed by atoms with Crippen molar-refractivity contribution >= 4 is 6.03 Å². The molecule has 3 rings (SSSR count). The van der Waals surface area contributed by atoms with Gasteiger partial charge >= 0.3 is 6.03 Å². The molecule has 28 heavy (non-hydrogen) atoms. The van der Waals surface area contributed by atoms with Gasteiger partial charge in [0.1, 0.15) is 11.5 Å². The summed E-state index contributed by atoms with van der Waals surface area (Å²) < 4.78 is 10.4. The third-order valence-electron chi connectivity index (χ3n) is 5.04. The summed E-state index contributed by atoms with van der Waals surface area (Å²) in [6, 6.07) is 15.9. The first-order valence-corrected chi connectivity index (χ1v) is 9.69. The molecule has 2 aromatic carbocycles. The third kappa shape index (κ3) is 5.63. The Kier molecular flexibility index (Phi) is 7.14. The minimum atomic E-state index is 0.00196. The number of nitrogens with zero attached hydrogens (tertiary/aromatic N) is 2. The summed E-state index contributed by atoms with van der Waals surface area (Å²) in [5.74, 6) is 1.69. The Morgan fingerprint density at radius 2 is 1.46 bits per heavy atom. The van der Waals surface area contributed by atoms with Crippen LogP contribution in [0.5, 0.6) is 11.5 Å². The minimum absolute atomic E-state index is 0.00196. The second-order valence-electron chi connectivity index (χ2n) is 6.97. The number of hydrogen-bond acceptors (Lipinski definition) is 4. The van der Waals surface area contributed by atoms with E-state index >= 15 is 0 Å². The van der Waals surface area contributed by atoms with Crippen LogP contribution in [0, 0.1) is 0 Å². The summed E-state index contributed by atoms with van der Waals surface area (Å²) in [6.45, 7) is 4.81. The molecule has 2 amide bonds. The van der Waals surface area contributed by atoms with Crippen molar-refractivity contribution in [2.24, 2.45) is 0 Å². The number of carbonyl (C=O) groups excluding carboxylic acids is 1. The Balaban J connectivity index is 1.46. The van der Waals surface area contributed by atoms with Gasteiger partial charge in [-0.25, -0.2) is 4.79 Å². The number of amides is 2. The third-order valence-corrected chi connectivity index (χ3v) is 5.04. The molecule has 1 N–H and O–H groups in total. The van der Waals surface area contributed by atoms with Gasteiger partial charge in [-0.15, -0.1) is 0 Å². The van der Waals surface area contributed by atoms with Crippen molar-refractivity contribution in [2.75, 3.05) is 40.4 Å². The van der Waals surface area contributed by atoms with E-state index in [2.05, 4.69) is 22.3 Å². The van der Waals surface area contributed by atoms with Crippen molar-refractivity contribution < 1.29 is 14.3 Å². The van der Waals surface area contributed by atoms with Crippen molar-refractivity contribution in [1.29, 1.82) is 0 Å². The van der Waals surface area contributed by atoms with Gasteiger partial charge in [-0.05, 0) is 41.8 Å². The highest BCUT2D eigenvalue weighted by atomic mass is 16.5. The Hall–Kier alpha value is -2.73. The van der Waals surface area contributed by atoms with E-state index in [4.69, 9.17) is 9.47 Å². The second-order valence-corrected chi connectivity index (χ2v) is 6.97. The van der Waals surface area contributed by atoms with Crippen LogP contribution >= 0.6 is 0 Å². The predicted octanol–water partition coefficient (Wildman–Crippen LogP) is 3.12. The first-order valence-electron chi connectivity index (χ1n) is 9.69. The minimum Gasteiger partial charge on any atom is -0.497 e. The molecule has 0 bridgehead atoms. The molecule has 1 heterocycles. The standard InChI is InChI=1S/C22H29N3O3/c1-27-20-8-4-18(5-9-20)16-23-22(26)25-13-3-12-24(14-15-25)17-19-6-10-21(28-2)11-7-19/h4-11H,3,12-17H2,1-2H3,(H,23,26). The normalized spacial score (nSPS) is 15.0. The highest BCUT2D eigenvalue weighted by Gasteiger charge is 2.19. The molecule has 0 spiro atoms. The SMILES string of the molecule is COc1ccc(CNC(=O)N2CCCN(Cc3ccc(OC)cc3)CC2)cc1. The molecule has 1 aliphatic heterocycles. The van der Waals surface area contributed by atoms with Crippen molar-refractivity contribution in [1.82, 2.24) is 15.1 Å². The quantitative estimate of drug-likeness (QED) is 0.833. The molecule has 0 aromatic heterocycles. The van der Waals surface area contributed by atoms with E-state index in [1.165, 1.54) is 5.56 Å². The lowest BCUT2D eigenvalue weighted by Gasteiger charge is -2.22. The number of benzene rings is 2. The molecule has 0 saturated carbocycles. The van der Waals surface area contributed by atoms with Gasteiger partial charge in [0.2, 0.25) is 0 Å². The summed E-state index contributed by atoms with van der Waals surface area (Å²) >= 11 is 0. The van der Waals surface area contributed by atoms with Crippen molar-refractivity contribution in [3.05, 3.63) is 59.7 Å². The lowest BCUT2D eigenvalue weighted by molar-refractivity contribution is 0.197. The summed E-state index contributed by atoms with van der Waals surface area (Å²) in [6.07, 6.45) is 0.978. The predicted molar refractivity (Wildman–Crippen MR) is 110 cm³/mol. The summed E-state index contributed by atoms with van der Waals surface area (Å²) in [7, 11) is 3.33. The van der Waals surface area contributed by atoms with E-state index in [1.807, 2.05) is 41.3 Å². The fourth-order valence-corrected chi connectivity index (χ4v) is 3.35. The number of ether oxygens (including phenoxy) is 2. The van der Waals surface area contributed by atoms with E-state index in [-0.39, 0.29) is 6.03 Å². The molecule has 6 nitrogen and oxygen atoms in total. The van der Waals surface area contributed by atoms with Crippen molar-refractivity contribution in [3.63, 3.8) is 0 Å². The maximum absolute atomic E-state index is 12.5. The van der Waals surface area contributed by atoms with Crippen LogP contribution in [0.3, 0.4) is 0 Å². The lowest BCUT2D eigenvalue weighted by Crippen LogP contribution is -2.41. The van der Waals surface area contributed by atoms with Crippen LogP contribution in [0.4, 0.5) is 4.79 Å². The number of urea groups is 1. The Morgan fingerprint density at radius 1 is 0.857 bits per heavy atom. The number of nitrogens with one attached hydrogen (secondary N) is 1. The van der Waals surface area contributed by atoms with Gasteiger partial charge in [-0.3, -0.25) is 4.90 Å². The fourth-order valence-electron chi connectivity index (χ4n) is 3.35. The van der Waals surface area contributed by atoms with E-state index in [0.29, 0.717) is 6.54 Å². The van der Waals surface area contributed by atoms with Crippen LogP contribution in [-0.2, 0) is 13.1 Å². The highest BCUT2D eigenvalue weighted by molar-refractivity contribution is 5.74. The number of hydrogen-bond donors (Lipinski definition) is 1. The van der Waals surface area contributed by atoms with Gasteiger partial charge in [0.15, 0.2) is 0 Å². The summed E-state index contributed by atoms with van der Waals surface area (Å²) in [5.41, 5.74) is 2.32. The van der Waals surface area contributed by atoms with Crippen LogP contribution in [0.2, 0.25) is 0 Å².